The first-order chi connectivity index (χ1) is 9.86. The Kier molecular flexibility index (Phi) is 6.02. The SMILES string of the molecule is CCOc1c(N)cccc1C(=O)OC(C)C(=O)NC(C)C. The van der Waals surface area contributed by atoms with Crippen molar-refractivity contribution in [1.29, 1.82) is 0 Å². The van der Waals surface area contributed by atoms with Gasteiger partial charge in [0.05, 0.1) is 12.3 Å². The lowest BCUT2D eigenvalue weighted by molar-refractivity contribution is -0.129. The van der Waals surface area contributed by atoms with Crippen LogP contribution in [0.15, 0.2) is 18.2 Å². The van der Waals surface area contributed by atoms with Crippen LogP contribution in [0.4, 0.5) is 5.69 Å². The summed E-state index contributed by atoms with van der Waals surface area (Å²) >= 11 is 0. The van der Waals surface area contributed by atoms with Crippen molar-refractivity contribution in [3.8, 4) is 5.75 Å². The first-order valence-corrected chi connectivity index (χ1v) is 6.89. The summed E-state index contributed by atoms with van der Waals surface area (Å²) in [7, 11) is 0. The molecule has 1 aromatic carbocycles. The topological polar surface area (TPSA) is 90.7 Å². The van der Waals surface area contributed by atoms with E-state index in [1.54, 1.807) is 25.1 Å². The molecule has 21 heavy (non-hydrogen) atoms. The Bertz CT molecular complexity index is 514. The maximum absolute atomic E-state index is 12.2. The third kappa shape index (κ3) is 4.66. The highest BCUT2D eigenvalue weighted by Crippen LogP contribution is 2.27. The number of carbonyl (C=O) groups is 2. The lowest BCUT2D eigenvalue weighted by Crippen LogP contribution is -2.39. The van der Waals surface area contributed by atoms with Gasteiger partial charge in [-0.15, -0.1) is 0 Å². The van der Waals surface area contributed by atoms with Gasteiger partial charge in [0.2, 0.25) is 0 Å². The molecule has 0 bridgehead atoms. The van der Waals surface area contributed by atoms with Gasteiger partial charge < -0.3 is 20.5 Å². The fourth-order valence-electron chi connectivity index (χ4n) is 1.70. The number of anilines is 1. The number of nitrogens with one attached hydrogen (secondary N) is 1. The predicted octanol–water partition coefficient (Wildman–Crippen LogP) is 1.74. The average Bonchev–Trinajstić information content (AvgIpc) is 2.40. The molecule has 0 saturated heterocycles. The van der Waals surface area contributed by atoms with Crippen molar-refractivity contribution in [1.82, 2.24) is 5.32 Å². The maximum atomic E-state index is 12.2. The van der Waals surface area contributed by atoms with Crippen molar-refractivity contribution < 1.29 is 19.1 Å². The van der Waals surface area contributed by atoms with Crippen molar-refractivity contribution in [3.63, 3.8) is 0 Å². The van der Waals surface area contributed by atoms with Crippen LogP contribution in [-0.2, 0) is 9.53 Å². The number of para-hydroxylation sites is 1. The summed E-state index contributed by atoms with van der Waals surface area (Å²) < 4.78 is 10.5. The molecule has 1 unspecified atom stereocenters. The molecule has 0 spiro atoms. The lowest BCUT2D eigenvalue weighted by Gasteiger charge is -2.17. The molecule has 6 nitrogen and oxygen atoms in total. The molecule has 1 aromatic rings. The van der Waals surface area contributed by atoms with Gasteiger partial charge in [-0.3, -0.25) is 4.79 Å². The number of carbonyl (C=O) groups excluding carboxylic acids is 2. The van der Waals surface area contributed by atoms with Gasteiger partial charge in [0, 0.05) is 6.04 Å². The Balaban J connectivity index is 2.85. The van der Waals surface area contributed by atoms with Crippen LogP contribution in [0.3, 0.4) is 0 Å². The van der Waals surface area contributed by atoms with Gasteiger partial charge in [-0.1, -0.05) is 6.07 Å². The first-order valence-electron chi connectivity index (χ1n) is 6.89. The number of nitrogen functional groups attached to an aromatic ring is 1. The summed E-state index contributed by atoms with van der Waals surface area (Å²) in [4.78, 5) is 23.9. The van der Waals surface area contributed by atoms with Crippen LogP contribution in [0.25, 0.3) is 0 Å². The van der Waals surface area contributed by atoms with E-state index in [2.05, 4.69) is 5.32 Å². The van der Waals surface area contributed by atoms with Gasteiger partial charge in [0.1, 0.15) is 5.56 Å². The fourth-order valence-corrected chi connectivity index (χ4v) is 1.70. The summed E-state index contributed by atoms with van der Waals surface area (Å²) in [6, 6.07) is 4.80. The van der Waals surface area contributed by atoms with Gasteiger partial charge in [0.15, 0.2) is 11.9 Å². The standard InChI is InChI=1S/C15H22N2O4/c1-5-20-13-11(7-6-8-12(13)16)15(19)21-10(4)14(18)17-9(2)3/h6-10H,5,16H2,1-4H3,(H,17,18). The molecule has 0 aliphatic carbocycles. The molecule has 0 aliphatic heterocycles. The zero-order valence-electron chi connectivity index (χ0n) is 12.8. The number of ether oxygens (including phenoxy) is 2. The van der Waals surface area contributed by atoms with Crippen molar-refractivity contribution >= 4 is 17.6 Å². The van der Waals surface area contributed by atoms with Crippen LogP contribution < -0.4 is 15.8 Å². The second kappa shape index (κ2) is 7.52. The second-order valence-corrected chi connectivity index (χ2v) is 4.87. The number of amides is 1. The molecule has 0 saturated carbocycles. The number of benzene rings is 1. The van der Waals surface area contributed by atoms with Gasteiger partial charge >= 0.3 is 5.97 Å². The van der Waals surface area contributed by atoms with Crippen LogP contribution in [0.1, 0.15) is 38.1 Å². The molecule has 0 aromatic heterocycles. The molecule has 1 rings (SSSR count). The van der Waals surface area contributed by atoms with E-state index in [1.807, 2.05) is 13.8 Å². The number of nitrogens with two attached hydrogens (primary N) is 1. The monoisotopic (exact) mass is 294 g/mol. The first kappa shape index (κ1) is 16.8. The van der Waals surface area contributed by atoms with Gasteiger partial charge in [-0.05, 0) is 39.8 Å². The largest absolute Gasteiger partial charge is 0.491 e. The minimum absolute atomic E-state index is 0.0231. The molecule has 0 heterocycles. The Labute approximate surface area is 124 Å². The quantitative estimate of drug-likeness (QED) is 0.616. The predicted molar refractivity (Wildman–Crippen MR) is 80.2 cm³/mol. The van der Waals surface area contributed by atoms with E-state index in [9.17, 15) is 9.59 Å². The van der Waals surface area contributed by atoms with E-state index in [0.717, 1.165) is 0 Å². The average molecular weight is 294 g/mol. The smallest absolute Gasteiger partial charge is 0.342 e. The molecule has 0 aliphatic rings. The van der Waals surface area contributed by atoms with Gasteiger partial charge in [-0.2, -0.15) is 0 Å². The molecular formula is C15H22N2O4. The molecule has 1 amide bonds. The minimum Gasteiger partial charge on any atom is -0.491 e. The number of esters is 1. The number of rotatable bonds is 6. The highest BCUT2D eigenvalue weighted by molar-refractivity contribution is 5.96. The Morgan fingerprint density at radius 2 is 1.95 bits per heavy atom. The number of hydrogen-bond donors (Lipinski definition) is 2. The van der Waals surface area contributed by atoms with E-state index in [-0.39, 0.29) is 23.3 Å². The number of hydrogen-bond acceptors (Lipinski definition) is 5. The van der Waals surface area contributed by atoms with Crippen LogP contribution in [-0.4, -0.2) is 30.6 Å². The van der Waals surface area contributed by atoms with Crippen molar-refractivity contribution in [2.45, 2.75) is 39.8 Å². The Morgan fingerprint density at radius 3 is 2.52 bits per heavy atom. The molecule has 3 N–H and O–H groups in total. The molecule has 0 fully saturated rings. The van der Waals surface area contributed by atoms with Crippen LogP contribution in [0.2, 0.25) is 0 Å². The zero-order chi connectivity index (χ0) is 16.0. The third-order valence-corrected chi connectivity index (χ3v) is 2.64. The highest BCUT2D eigenvalue weighted by atomic mass is 16.5. The Morgan fingerprint density at radius 1 is 1.29 bits per heavy atom. The van der Waals surface area contributed by atoms with E-state index in [0.29, 0.717) is 12.3 Å². The van der Waals surface area contributed by atoms with Gasteiger partial charge in [0.25, 0.3) is 5.91 Å². The Hall–Kier alpha value is -2.24. The third-order valence-electron chi connectivity index (χ3n) is 2.64. The van der Waals surface area contributed by atoms with Crippen molar-refractivity contribution in [3.05, 3.63) is 23.8 Å². The highest BCUT2D eigenvalue weighted by Gasteiger charge is 2.22. The lowest BCUT2D eigenvalue weighted by atomic mass is 10.1. The fraction of sp³-hybridized carbons (Fsp3) is 0.467. The molecule has 0 radical (unpaired) electrons. The van der Waals surface area contributed by atoms with E-state index in [4.69, 9.17) is 15.2 Å². The van der Waals surface area contributed by atoms with E-state index in [1.165, 1.54) is 6.92 Å². The molecular weight excluding hydrogens is 272 g/mol. The van der Waals surface area contributed by atoms with Crippen LogP contribution in [0, 0.1) is 0 Å². The molecule has 116 valence electrons. The maximum Gasteiger partial charge on any atom is 0.342 e. The summed E-state index contributed by atoms with van der Waals surface area (Å²) in [6.07, 6.45) is -0.893. The van der Waals surface area contributed by atoms with E-state index >= 15 is 0 Å². The summed E-state index contributed by atoms with van der Waals surface area (Å²) in [5, 5.41) is 2.68. The summed E-state index contributed by atoms with van der Waals surface area (Å²) in [5.41, 5.74) is 6.35. The van der Waals surface area contributed by atoms with Crippen molar-refractivity contribution in [2.75, 3.05) is 12.3 Å². The van der Waals surface area contributed by atoms with Crippen LogP contribution >= 0.6 is 0 Å². The second-order valence-electron chi connectivity index (χ2n) is 4.87. The summed E-state index contributed by atoms with van der Waals surface area (Å²) in [6.45, 7) is 7.34. The molecule has 6 heteroatoms. The van der Waals surface area contributed by atoms with Crippen LogP contribution in [0.5, 0.6) is 5.75 Å². The zero-order valence-corrected chi connectivity index (χ0v) is 12.8. The normalized spacial score (nSPS) is 11.9. The van der Waals surface area contributed by atoms with Crippen molar-refractivity contribution in [2.24, 2.45) is 0 Å². The minimum atomic E-state index is -0.893. The summed E-state index contributed by atoms with van der Waals surface area (Å²) in [5.74, 6) is -0.709. The van der Waals surface area contributed by atoms with Gasteiger partial charge in [-0.25, -0.2) is 4.79 Å². The molecule has 1 atom stereocenters. The van der Waals surface area contributed by atoms with E-state index < -0.39 is 12.1 Å².